The normalized spacial score (nSPS) is 11.7. The highest BCUT2D eigenvalue weighted by Gasteiger charge is 1.97. The molecule has 0 spiro atoms. The molecule has 0 bridgehead atoms. The van der Waals surface area contributed by atoms with E-state index in [0.717, 1.165) is 12.8 Å². The summed E-state index contributed by atoms with van der Waals surface area (Å²) in [6, 6.07) is 0. The molecule has 0 fully saturated rings. The van der Waals surface area contributed by atoms with Crippen LogP contribution in [0.2, 0.25) is 0 Å². The molecule has 88 valence electrons. The topological polar surface area (TPSA) is 111 Å². The number of aldehydes is 1. The lowest BCUT2D eigenvalue weighted by molar-refractivity contribution is -0.104. The molecule has 0 rings (SSSR count). The zero-order chi connectivity index (χ0) is 12.1. The summed E-state index contributed by atoms with van der Waals surface area (Å²) < 4.78 is 4.54. The maximum atomic E-state index is 10.2. The van der Waals surface area contributed by atoms with Gasteiger partial charge in [0.25, 0.3) is 0 Å². The number of carbonyl (C=O) groups excluding carboxylic acids is 1. The fraction of sp³-hybridized carbons (Fsp3) is 0.556. The Kier molecular flexibility index (Phi) is 13.5. The average molecular weight is 217 g/mol. The van der Waals surface area contributed by atoms with Gasteiger partial charge in [-0.1, -0.05) is 0 Å². The lowest BCUT2D eigenvalue weighted by Gasteiger charge is -1.96. The number of hydrogen-bond acceptors (Lipinski definition) is 5. The summed E-state index contributed by atoms with van der Waals surface area (Å²) in [7, 11) is 1.68. The first-order chi connectivity index (χ1) is 7.17. The molecule has 0 aliphatic carbocycles. The molecule has 0 aromatic rings. The number of methoxy groups -OCH3 is 1. The second-order valence-electron chi connectivity index (χ2n) is 2.31. The SMILES string of the molecule is CCOC.N/C=C(/C=O)C(N)=NCCO. The molecule has 0 saturated heterocycles. The Balaban J connectivity index is 0. The van der Waals surface area contributed by atoms with Crippen molar-refractivity contribution in [3.8, 4) is 0 Å². The third-order valence-electron chi connectivity index (χ3n) is 1.27. The number of amidine groups is 1. The van der Waals surface area contributed by atoms with E-state index in [9.17, 15) is 4.79 Å². The lowest BCUT2D eigenvalue weighted by Crippen LogP contribution is -2.18. The first-order valence-corrected chi connectivity index (χ1v) is 4.45. The number of nitrogens with zero attached hydrogens (tertiary/aromatic N) is 1. The fourth-order valence-electron chi connectivity index (χ4n) is 0.447. The second kappa shape index (κ2) is 12.6. The van der Waals surface area contributed by atoms with Crippen LogP contribution in [0, 0.1) is 0 Å². The molecule has 6 nitrogen and oxygen atoms in total. The van der Waals surface area contributed by atoms with Crippen LogP contribution in [0.25, 0.3) is 0 Å². The molecule has 0 unspecified atom stereocenters. The minimum absolute atomic E-state index is 0.0524. The summed E-state index contributed by atoms with van der Waals surface area (Å²) in [5.41, 5.74) is 10.5. The zero-order valence-electron chi connectivity index (χ0n) is 9.14. The standard InChI is InChI=1S/C6H11N3O2.C3H8O/c7-3-5(4-11)6(8)9-1-2-10;1-3-4-2/h3-4,10H,1-2,7H2,(H2,8,9);3H2,1-2H3/b5-3-;. The van der Waals surface area contributed by atoms with E-state index in [1.807, 2.05) is 6.92 Å². The highest BCUT2D eigenvalue weighted by Crippen LogP contribution is 1.86. The van der Waals surface area contributed by atoms with E-state index in [2.05, 4.69) is 9.73 Å². The van der Waals surface area contributed by atoms with Gasteiger partial charge >= 0.3 is 0 Å². The predicted octanol–water partition coefficient (Wildman–Crippen LogP) is -0.970. The van der Waals surface area contributed by atoms with E-state index < -0.39 is 0 Å². The predicted molar refractivity (Wildman–Crippen MR) is 59.5 cm³/mol. The highest BCUT2D eigenvalue weighted by molar-refractivity contribution is 6.12. The van der Waals surface area contributed by atoms with Crippen molar-refractivity contribution >= 4 is 12.1 Å². The van der Waals surface area contributed by atoms with Gasteiger partial charge in [0, 0.05) is 19.9 Å². The third-order valence-corrected chi connectivity index (χ3v) is 1.27. The van der Waals surface area contributed by atoms with Crippen molar-refractivity contribution in [2.24, 2.45) is 16.5 Å². The quantitative estimate of drug-likeness (QED) is 0.237. The first kappa shape index (κ1) is 16.0. The molecular formula is C9H19N3O3. The minimum atomic E-state index is -0.0998. The molecule has 0 aliphatic heterocycles. The van der Waals surface area contributed by atoms with Crippen LogP contribution in [0.3, 0.4) is 0 Å². The average Bonchev–Trinajstić information content (AvgIpc) is 2.28. The van der Waals surface area contributed by atoms with Gasteiger partial charge in [-0.25, -0.2) is 0 Å². The molecule has 5 N–H and O–H groups in total. The largest absolute Gasteiger partial charge is 0.404 e. The summed E-state index contributed by atoms with van der Waals surface area (Å²) in [6.07, 6.45) is 1.58. The van der Waals surface area contributed by atoms with Gasteiger partial charge in [-0.2, -0.15) is 0 Å². The molecule has 0 amide bonds. The maximum Gasteiger partial charge on any atom is 0.155 e. The Morgan fingerprint density at radius 1 is 1.60 bits per heavy atom. The number of aliphatic imine (C=N–C) groups is 1. The molecule has 0 aromatic carbocycles. The van der Waals surface area contributed by atoms with Crippen molar-refractivity contribution in [1.82, 2.24) is 0 Å². The molecule has 0 aliphatic rings. The molecule has 0 aromatic heterocycles. The van der Waals surface area contributed by atoms with E-state index in [-0.39, 0.29) is 24.6 Å². The third kappa shape index (κ3) is 10.5. The zero-order valence-corrected chi connectivity index (χ0v) is 9.14. The van der Waals surface area contributed by atoms with Gasteiger partial charge in [-0.05, 0) is 6.92 Å². The van der Waals surface area contributed by atoms with Crippen LogP contribution in [-0.4, -0.2) is 44.1 Å². The Bertz CT molecular complexity index is 213. The smallest absolute Gasteiger partial charge is 0.155 e. The van der Waals surface area contributed by atoms with Crippen molar-refractivity contribution in [3.63, 3.8) is 0 Å². The van der Waals surface area contributed by atoms with Crippen LogP contribution in [0.1, 0.15) is 6.92 Å². The Morgan fingerprint density at radius 2 is 2.13 bits per heavy atom. The summed E-state index contributed by atoms with van der Waals surface area (Å²) in [4.78, 5) is 13.8. The Morgan fingerprint density at radius 3 is 2.40 bits per heavy atom. The van der Waals surface area contributed by atoms with Crippen LogP contribution in [0.5, 0.6) is 0 Å². The number of aliphatic hydroxyl groups excluding tert-OH is 1. The van der Waals surface area contributed by atoms with Crippen molar-refractivity contribution in [2.75, 3.05) is 26.9 Å². The molecule has 0 radical (unpaired) electrons. The van der Waals surface area contributed by atoms with Crippen LogP contribution >= 0.6 is 0 Å². The maximum absolute atomic E-state index is 10.2. The van der Waals surface area contributed by atoms with E-state index in [1.54, 1.807) is 7.11 Å². The second-order valence-corrected chi connectivity index (χ2v) is 2.31. The van der Waals surface area contributed by atoms with Crippen LogP contribution in [0.4, 0.5) is 0 Å². The Hall–Kier alpha value is -1.40. The summed E-state index contributed by atoms with van der Waals surface area (Å²) in [6.45, 7) is 2.86. The number of nitrogens with two attached hydrogens (primary N) is 2. The van der Waals surface area contributed by atoms with E-state index in [1.165, 1.54) is 0 Å². The van der Waals surface area contributed by atoms with Crippen molar-refractivity contribution in [2.45, 2.75) is 6.92 Å². The molecule has 6 heteroatoms. The van der Waals surface area contributed by atoms with E-state index in [4.69, 9.17) is 16.6 Å². The van der Waals surface area contributed by atoms with Crippen LogP contribution in [-0.2, 0) is 9.53 Å². The minimum Gasteiger partial charge on any atom is -0.404 e. The van der Waals surface area contributed by atoms with Gasteiger partial charge in [-0.15, -0.1) is 0 Å². The van der Waals surface area contributed by atoms with Gasteiger partial charge in [0.2, 0.25) is 0 Å². The number of rotatable bonds is 5. The fourth-order valence-corrected chi connectivity index (χ4v) is 0.447. The van der Waals surface area contributed by atoms with Gasteiger partial charge in [0.05, 0.1) is 18.7 Å². The Labute approximate surface area is 89.6 Å². The first-order valence-electron chi connectivity index (χ1n) is 4.45. The molecule has 0 atom stereocenters. The van der Waals surface area contributed by atoms with E-state index in [0.29, 0.717) is 6.29 Å². The number of ether oxygens (including phenoxy) is 1. The molecule has 15 heavy (non-hydrogen) atoms. The van der Waals surface area contributed by atoms with E-state index >= 15 is 0 Å². The lowest BCUT2D eigenvalue weighted by atomic mass is 10.3. The monoisotopic (exact) mass is 217 g/mol. The van der Waals surface area contributed by atoms with Gasteiger partial charge in [0.15, 0.2) is 6.29 Å². The summed E-state index contributed by atoms with van der Waals surface area (Å²) >= 11 is 0. The van der Waals surface area contributed by atoms with Crippen molar-refractivity contribution in [1.29, 1.82) is 0 Å². The number of carbonyl (C=O) groups is 1. The van der Waals surface area contributed by atoms with Crippen molar-refractivity contribution < 1.29 is 14.6 Å². The summed E-state index contributed by atoms with van der Waals surface area (Å²) in [5, 5.41) is 8.34. The molecular weight excluding hydrogens is 198 g/mol. The number of aliphatic hydroxyl groups is 1. The molecule has 0 saturated carbocycles. The molecule has 0 heterocycles. The van der Waals surface area contributed by atoms with Crippen molar-refractivity contribution in [3.05, 3.63) is 11.8 Å². The van der Waals surface area contributed by atoms with Crippen LogP contribution in [0.15, 0.2) is 16.8 Å². The van der Waals surface area contributed by atoms with Gasteiger partial charge in [0.1, 0.15) is 5.84 Å². The van der Waals surface area contributed by atoms with Crippen LogP contribution < -0.4 is 11.5 Å². The highest BCUT2D eigenvalue weighted by atomic mass is 16.5. The van der Waals surface area contributed by atoms with Gasteiger partial charge in [-0.3, -0.25) is 9.79 Å². The van der Waals surface area contributed by atoms with Gasteiger partial charge < -0.3 is 21.3 Å². The number of hydrogen-bond donors (Lipinski definition) is 3. The summed E-state index contributed by atoms with van der Waals surface area (Å²) in [5.74, 6) is 0.0524.